The summed E-state index contributed by atoms with van der Waals surface area (Å²) in [5, 5.41) is 11.0. The zero-order valence-corrected chi connectivity index (χ0v) is 12.8. The fourth-order valence-corrected chi connectivity index (χ4v) is 3.17. The molecular weight excluding hydrogens is 268 g/mol. The molecule has 0 radical (unpaired) electrons. The Balaban J connectivity index is 2.23. The third-order valence-electron chi connectivity index (χ3n) is 4.54. The molecular formula is C16H22N2O3. The van der Waals surface area contributed by atoms with Crippen molar-refractivity contribution in [3.63, 3.8) is 0 Å². The zero-order valence-electron chi connectivity index (χ0n) is 12.8. The molecule has 0 bridgehead atoms. The molecule has 5 nitrogen and oxygen atoms in total. The Kier molecular flexibility index (Phi) is 4.60. The number of rotatable bonds is 3. The van der Waals surface area contributed by atoms with Gasteiger partial charge in [-0.3, -0.25) is 14.9 Å². The Morgan fingerprint density at radius 3 is 2.62 bits per heavy atom. The van der Waals surface area contributed by atoms with Crippen LogP contribution in [0.25, 0.3) is 0 Å². The van der Waals surface area contributed by atoms with Crippen LogP contribution in [0.15, 0.2) is 18.2 Å². The number of nitro groups is 1. The lowest BCUT2D eigenvalue weighted by molar-refractivity contribution is -0.385. The molecule has 0 spiro atoms. The highest BCUT2D eigenvalue weighted by Gasteiger charge is 2.29. The monoisotopic (exact) mass is 290 g/mol. The Bertz CT molecular complexity index is 556. The molecule has 1 amide bonds. The normalized spacial score (nSPS) is 21.9. The largest absolute Gasteiger partial charge is 0.338 e. The van der Waals surface area contributed by atoms with E-state index in [0.29, 0.717) is 17.0 Å². The van der Waals surface area contributed by atoms with Crippen LogP contribution in [0, 0.1) is 23.0 Å². The lowest BCUT2D eigenvalue weighted by Crippen LogP contribution is -2.42. The van der Waals surface area contributed by atoms with Gasteiger partial charge >= 0.3 is 0 Å². The van der Waals surface area contributed by atoms with E-state index in [1.807, 2.05) is 0 Å². The van der Waals surface area contributed by atoms with Crippen molar-refractivity contribution < 1.29 is 9.72 Å². The Labute approximate surface area is 125 Å². The van der Waals surface area contributed by atoms with Gasteiger partial charge in [0.05, 0.1) is 4.92 Å². The van der Waals surface area contributed by atoms with Crippen LogP contribution in [0.5, 0.6) is 0 Å². The number of hydrogen-bond donors (Lipinski definition) is 0. The molecule has 1 aliphatic rings. The molecule has 2 atom stereocenters. The average molecular weight is 290 g/mol. The van der Waals surface area contributed by atoms with Crippen LogP contribution in [0.1, 0.15) is 48.5 Å². The van der Waals surface area contributed by atoms with Gasteiger partial charge in [0.1, 0.15) is 0 Å². The van der Waals surface area contributed by atoms with Crippen molar-refractivity contribution in [2.45, 2.75) is 45.6 Å². The summed E-state index contributed by atoms with van der Waals surface area (Å²) in [6.07, 6.45) is 4.50. The first kappa shape index (κ1) is 15.5. The fraction of sp³-hybridized carbons (Fsp3) is 0.562. The highest BCUT2D eigenvalue weighted by molar-refractivity contribution is 5.95. The summed E-state index contributed by atoms with van der Waals surface area (Å²) in [5.41, 5.74) is 0.976. The maximum absolute atomic E-state index is 12.6. The topological polar surface area (TPSA) is 63.5 Å². The number of amides is 1. The number of carbonyl (C=O) groups excluding carboxylic acids is 1. The van der Waals surface area contributed by atoms with Crippen molar-refractivity contribution in [3.05, 3.63) is 39.4 Å². The van der Waals surface area contributed by atoms with Crippen LogP contribution in [-0.4, -0.2) is 28.8 Å². The van der Waals surface area contributed by atoms with Gasteiger partial charge in [-0.2, -0.15) is 0 Å². The van der Waals surface area contributed by atoms with E-state index < -0.39 is 4.92 Å². The van der Waals surface area contributed by atoms with Crippen molar-refractivity contribution in [2.75, 3.05) is 7.05 Å². The summed E-state index contributed by atoms with van der Waals surface area (Å²) in [6.45, 7) is 3.85. The molecule has 21 heavy (non-hydrogen) atoms. The van der Waals surface area contributed by atoms with Crippen molar-refractivity contribution in [1.82, 2.24) is 4.90 Å². The summed E-state index contributed by atoms with van der Waals surface area (Å²) in [4.78, 5) is 24.9. The highest BCUT2D eigenvalue weighted by Crippen LogP contribution is 2.29. The number of benzene rings is 1. The summed E-state index contributed by atoms with van der Waals surface area (Å²) in [6, 6.07) is 4.94. The molecule has 0 saturated heterocycles. The maximum atomic E-state index is 12.6. The van der Waals surface area contributed by atoms with Gasteiger partial charge in [0, 0.05) is 30.3 Å². The summed E-state index contributed by atoms with van der Waals surface area (Å²) in [7, 11) is 1.81. The van der Waals surface area contributed by atoms with Crippen LogP contribution in [0.4, 0.5) is 5.69 Å². The molecule has 2 unspecified atom stereocenters. The molecule has 0 N–H and O–H groups in total. The van der Waals surface area contributed by atoms with E-state index in [0.717, 1.165) is 19.3 Å². The van der Waals surface area contributed by atoms with Crippen molar-refractivity contribution in [2.24, 2.45) is 5.92 Å². The van der Waals surface area contributed by atoms with E-state index in [2.05, 4.69) is 6.92 Å². The van der Waals surface area contributed by atoms with Crippen molar-refractivity contribution in [3.8, 4) is 0 Å². The van der Waals surface area contributed by atoms with Crippen LogP contribution in [0.2, 0.25) is 0 Å². The first-order valence-corrected chi connectivity index (χ1v) is 7.44. The molecule has 1 fully saturated rings. The predicted octanol–water partition coefficient (Wildman–Crippen LogP) is 3.55. The SMILES string of the molecule is Cc1ccc(C(=O)N(C)C2CCCCC2C)cc1[N+](=O)[O-]. The molecule has 114 valence electrons. The summed E-state index contributed by atoms with van der Waals surface area (Å²) < 4.78 is 0. The number of nitro benzene ring substituents is 1. The van der Waals surface area contributed by atoms with E-state index in [4.69, 9.17) is 0 Å². The van der Waals surface area contributed by atoms with Gasteiger partial charge in [0.25, 0.3) is 11.6 Å². The Hall–Kier alpha value is -1.91. The van der Waals surface area contributed by atoms with Crippen LogP contribution < -0.4 is 0 Å². The van der Waals surface area contributed by atoms with Gasteiger partial charge in [-0.05, 0) is 31.7 Å². The van der Waals surface area contributed by atoms with Crippen LogP contribution >= 0.6 is 0 Å². The lowest BCUT2D eigenvalue weighted by Gasteiger charge is -2.36. The third-order valence-corrected chi connectivity index (χ3v) is 4.54. The lowest BCUT2D eigenvalue weighted by atomic mass is 9.85. The summed E-state index contributed by atoms with van der Waals surface area (Å²) >= 11 is 0. The zero-order chi connectivity index (χ0) is 15.6. The molecule has 0 heterocycles. The summed E-state index contributed by atoms with van der Waals surface area (Å²) in [5.74, 6) is 0.352. The second kappa shape index (κ2) is 6.24. The molecule has 1 aliphatic carbocycles. The maximum Gasteiger partial charge on any atom is 0.273 e. The second-order valence-electron chi connectivity index (χ2n) is 6.00. The number of nitrogens with zero attached hydrogens (tertiary/aromatic N) is 2. The van der Waals surface area contributed by atoms with E-state index in [9.17, 15) is 14.9 Å². The van der Waals surface area contributed by atoms with E-state index in [-0.39, 0.29) is 17.6 Å². The van der Waals surface area contributed by atoms with Crippen molar-refractivity contribution >= 4 is 11.6 Å². The minimum atomic E-state index is -0.435. The molecule has 1 aromatic carbocycles. The van der Waals surface area contributed by atoms with E-state index in [1.165, 1.54) is 12.5 Å². The van der Waals surface area contributed by atoms with Crippen LogP contribution in [0.3, 0.4) is 0 Å². The average Bonchev–Trinajstić information content (AvgIpc) is 2.46. The van der Waals surface area contributed by atoms with Gasteiger partial charge in [0.15, 0.2) is 0 Å². The predicted molar refractivity (Wildman–Crippen MR) is 81.3 cm³/mol. The van der Waals surface area contributed by atoms with Gasteiger partial charge < -0.3 is 4.90 Å². The first-order valence-electron chi connectivity index (χ1n) is 7.44. The standard InChI is InChI=1S/C16H22N2O3/c1-11-6-4-5-7-14(11)17(3)16(19)13-9-8-12(2)15(10-13)18(20)21/h8-11,14H,4-7H2,1-3H3. The van der Waals surface area contributed by atoms with E-state index >= 15 is 0 Å². The van der Waals surface area contributed by atoms with Crippen LogP contribution in [-0.2, 0) is 0 Å². The molecule has 1 aromatic rings. The molecule has 0 aliphatic heterocycles. The third kappa shape index (κ3) is 3.23. The Morgan fingerprint density at radius 1 is 1.33 bits per heavy atom. The number of hydrogen-bond acceptors (Lipinski definition) is 3. The number of aryl methyl sites for hydroxylation is 1. The highest BCUT2D eigenvalue weighted by atomic mass is 16.6. The van der Waals surface area contributed by atoms with Gasteiger partial charge in [-0.25, -0.2) is 0 Å². The fourth-order valence-electron chi connectivity index (χ4n) is 3.17. The molecule has 5 heteroatoms. The Morgan fingerprint density at radius 2 is 2.00 bits per heavy atom. The van der Waals surface area contributed by atoms with Gasteiger partial charge in [-0.15, -0.1) is 0 Å². The first-order chi connectivity index (χ1) is 9.91. The minimum absolute atomic E-state index is 0.00550. The van der Waals surface area contributed by atoms with Gasteiger partial charge in [-0.1, -0.05) is 25.8 Å². The van der Waals surface area contributed by atoms with Gasteiger partial charge in [0.2, 0.25) is 0 Å². The second-order valence-corrected chi connectivity index (χ2v) is 6.00. The molecule has 0 aromatic heterocycles. The molecule has 2 rings (SSSR count). The van der Waals surface area contributed by atoms with Crippen molar-refractivity contribution in [1.29, 1.82) is 0 Å². The quantitative estimate of drug-likeness (QED) is 0.631. The smallest absolute Gasteiger partial charge is 0.273 e. The molecule has 1 saturated carbocycles. The minimum Gasteiger partial charge on any atom is -0.338 e. The number of carbonyl (C=O) groups is 1. The van der Waals surface area contributed by atoms with E-state index in [1.54, 1.807) is 31.0 Å².